The molecule has 1 atom stereocenters. The van der Waals surface area contributed by atoms with Crippen molar-refractivity contribution in [1.29, 1.82) is 0 Å². The van der Waals surface area contributed by atoms with Crippen LogP contribution >= 0.6 is 0 Å². The van der Waals surface area contributed by atoms with Gasteiger partial charge in [0, 0.05) is 12.0 Å². The van der Waals surface area contributed by atoms with Gasteiger partial charge < -0.3 is 0 Å². The minimum atomic E-state index is 0.288. The lowest BCUT2D eigenvalue weighted by Crippen LogP contribution is -2.10. The SMILES string of the molecule is O=C(CC1CC=CCC1)c1ccccc1. The fraction of sp³-hybridized carbons (Fsp3) is 0.357. The maximum absolute atomic E-state index is 11.9. The second-order valence-electron chi connectivity index (χ2n) is 4.14. The van der Waals surface area contributed by atoms with Crippen molar-refractivity contribution in [2.45, 2.75) is 25.7 Å². The van der Waals surface area contributed by atoms with E-state index in [1.54, 1.807) is 0 Å². The van der Waals surface area contributed by atoms with E-state index in [1.807, 2.05) is 30.3 Å². The number of carbonyl (C=O) groups is 1. The standard InChI is InChI=1S/C14H16O/c15-14(13-9-5-2-6-10-13)11-12-7-3-1-4-8-12/h1-3,5-6,9-10,12H,4,7-8,11H2. The van der Waals surface area contributed by atoms with Crippen molar-refractivity contribution in [3.8, 4) is 0 Å². The van der Waals surface area contributed by atoms with Crippen LogP contribution in [0.1, 0.15) is 36.0 Å². The molecule has 0 spiro atoms. The summed E-state index contributed by atoms with van der Waals surface area (Å²) in [5.74, 6) is 0.846. The molecule has 2 rings (SSSR count). The Balaban J connectivity index is 1.95. The lowest BCUT2D eigenvalue weighted by molar-refractivity contribution is 0.0958. The number of allylic oxidation sites excluding steroid dienone is 2. The monoisotopic (exact) mass is 200 g/mol. The number of Topliss-reactive ketones (excluding diaryl/α,β-unsaturated/α-hetero) is 1. The Morgan fingerprint density at radius 1 is 1.20 bits per heavy atom. The first-order valence-corrected chi connectivity index (χ1v) is 5.59. The van der Waals surface area contributed by atoms with E-state index in [0.29, 0.717) is 12.3 Å². The molecule has 0 N–H and O–H groups in total. The molecule has 0 saturated carbocycles. The van der Waals surface area contributed by atoms with E-state index in [-0.39, 0.29) is 5.78 Å². The zero-order valence-electron chi connectivity index (χ0n) is 8.86. The van der Waals surface area contributed by atoms with Crippen molar-refractivity contribution in [2.75, 3.05) is 0 Å². The summed E-state index contributed by atoms with van der Waals surface area (Å²) in [7, 11) is 0. The molecule has 1 aromatic carbocycles. The normalized spacial score (nSPS) is 20.1. The summed E-state index contributed by atoms with van der Waals surface area (Å²) in [5.41, 5.74) is 0.854. The van der Waals surface area contributed by atoms with Gasteiger partial charge in [-0.05, 0) is 25.2 Å². The molecule has 1 aliphatic rings. The number of hydrogen-bond donors (Lipinski definition) is 0. The minimum absolute atomic E-state index is 0.288. The van der Waals surface area contributed by atoms with Crippen LogP contribution in [0.15, 0.2) is 42.5 Å². The number of hydrogen-bond acceptors (Lipinski definition) is 1. The molecule has 1 nitrogen and oxygen atoms in total. The van der Waals surface area contributed by atoms with E-state index < -0.39 is 0 Å². The van der Waals surface area contributed by atoms with Crippen LogP contribution < -0.4 is 0 Å². The Bertz CT molecular complexity index is 351. The summed E-state index contributed by atoms with van der Waals surface area (Å²) >= 11 is 0. The number of ketones is 1. The highest BCUT2D eigenvalue weighted by atomic mass is 16.1. The van der Waals surface area contributed by atoms with Gasteiger partial charge in [0.25, 0.3) is 0 Å². The first kappa shape index (κ1) is 10.2. The highest BCUT2D eigenvalue weighted by Gasteiger charge is 2.15. The second kappa shape index (κ2) is 4.92. The predicted molar refractivity (Wildman–Crippen MR) is 61.9 cm³/mol. The van der Waals surface area contributed by atoms with Crippen LogP contribution in [0, 0.1) is 5.92 Å². The average Bonchev–Trinajstić information content (AvgIpc) is 2.31. The summed E-state index contributed by atoms with van der Waals surface area (Å²) in [6, 6.07) is 9.60. The molecule has 1 aliphatic carbocycles. The molecule has 0 fully saturated rings. The molecule has 0 heterocycles. The summed E-state index contributed by atoms with van der Waals surface area (Å²) < 4.78 is 0. The Morgan fingerprint density at radius 3 is 2.67 bits per heavy atom. The van der Waals surface area contributed by atoms with Crippen LogP contribution in [-0.2, 0) is 0 Å². The van der Waals surface area contributed by atoms with E-state index >= 15 is 0 Å². The fourth-order valence-corrected chi connectivity index (χ4v) is 2.05. The molecule has 0 amide bonds. The van der Waals surface area contributed by atoms with Gasteiger partial charge in [0.05, 0.1) is 0 Å². The zero-order chi connectivity index (χ0) is 10.5. The molecular formula is C14H16O. The first-order chi connectivity index (χ1) is 7.36. The van der Waals surface area contributed by atoms with Crippen molar-refractivity contribution in [2.24, 2.45) is 5.92 Å². The van der Waals surface area contributed by atoms with Gasteiger partial charge in [0.2, 0.25) is 0 Å². The molecule has 1 aromatic rings. The summed E-state index contributed by atoms with van der Waals surface area (Å²) in [6.45, 7) is 0. The molecule has 1 heteroatoms. The highest BCUT2D eigenvalue weighted by molar-refractivity contribution is 5.96. The lowest BCUT2D eigenvalue weighted by Gasteiger charge is -2.16. The van der Waals surface area contributed by atoms with Crippen molar-refractivity contribution < 1.29 is 4.79 Å². The quantitative estimate of drug-likeness (QED) is 0.538. The predicted octanol–water partition coefficient (Wildman–Crippen LogP) is 3.62. The van der Waals surface area contributed by atoms with E-state index in [2.05, 4.69) is 12.2 Å². The van der Waals surface area contributed by atoms with Gasteiger partial charge in [0.15, 0.2) is 5.78 Å². The van der Waals surface area contributed by atoms with Gasteiger partial charge in [0.1, 0.15) is 0 Å². The molecule has 0 radical (unpaired) electrons. The van der Waals surface area contributed by atoms with Gasteiger partial charge in [-0.1, -0.05) is 42.5 Å². The molecule has 0 aliphatic heterocycles. The van der Waals surface area contributed by atoms with E-state index in [1.165, 1.54) is 0 Å². The molecule has 1 unspecified atom stereocenters. The van der Waals surface area contributed by atoms with Crippen LogP contribution in [0.25, 0.3) is 0 Å². The Morgan fingerprint density at radius 2 is 2.00 bits per heavy atom. The van der Waals surface area contributed by atoms with Crippen molar-refractivity contribution in [3.05, 3.63) is 48.0 Å². The van der Waals surface area contributed by atoms with Gasteiger partial charge in [-0.15, -0.1) is 0 Å². The molecular weight excluding hydrogens is 184 g/mol. The van der Waals surface area contributed by atoms with Crippen molar-refractivity contribution >= 4 is 5.78 Å². The molecule has 0 bridgehead atoms. The molecule has 78 valence electrons. The third kappa shape index (κ3) is 2.79. The number of rotatable bonds is 3. The smallest absolute Gasteiger partial charge is 0.163 e. The topological polar surface area (TPSA) is 17.1 Å². The average molecular weight is 200 g/mol. The minimum Gasteiger partial charge on any atom is -0.294 e. The Kier molecular flexibility index (Phi) is 3.33. The molecule has 0 aromatic heterocycles. The van der Waals surface area contributed by atoms with Crippen LogP contribution in [0.3, 0.4) is 0 Å². The summed E-state index contributed by atoms with van der Waals surface area (Å²) in [6.07, 6.45) is 8.48. The zero-order valence-corrected chi connectivity index (χ0v) is 8.86. The van der Waals surface area contributed by atoms with Crippen LogP contribution in [-0.4, -0.2) is 5.78 Å². The number of benzene rings is 1. The second-order valence-corrected chi connectivity index (χ2v) is 4.14. The van der Waals surface area contributed by atoms with Gasteiger partial charge in [-0.25, -0.2) is 0 Å². The Hall–Kier alpha value is -1.37. The summed E-state index contributed by atoms with van der Waals surface area (Å²) in [4.78, 5) is 11.9. The van der Waals surface area contributed by atoms with Crippen LogP contribution in [0.5, 0.6) is 0 Å². The number of carbonyl (C=O) groups excluding carboxylic acids is 1. The molecule has 15 heavy (non-hydrogen) atoms. The summed E-state index contributed by atoms with van der Waals surface area (Å²) in [5, 5.41) is 0. The Labute approximate surface area is 90.8 Å². The third-order valence-electron chi connectivity index (χ3n) is 2.95. The van der Waals surface area contributed by atoms with Crippen molar-refractivity contribution in [1.82, 2.24) is 0 Å². The molecule has 0 saturated heterocycles. The maximum Gasteiger partial charge on any atom is 0.163 e. The maximum atomic E-state index is 11.9. The van der Waals surface area contributed by atoms with E-state index in [9.17, 15) is 4.79 Å². The third-order valence-corrected chi connectivity index (χ3v) is 2.95. The van der Waals surface area contributed by atoms with Crippen molar-refractivity contribution in [3.63, 3.8) is 0 Å². The van der Waals surface area contributed by atoms with E-state index in [0.717, 1.165) is 24.8 Å². The van der Waals surface area contributed by atoms with Crippen LogP contribution in [0.4, 0.5) is 0 Å². The van der Waals surface area contributed by atoms with Gasteiger partial charge >= 0.3 is 0 Å². The lowest BCUT2D eigenvalue weighted by atomic mass is 9.88. The van der Waals surface area contributed by atoms with Gasteiger partial charge in [-0.3, -0.25) is 4.79 Å². The van der Waals surface area contributed by atoms with E-state index in [4.69, 9.17) is 0 Å². The van der Waals surface area contributed by atoms with Gasteiger partial charge in [-0.2, -0.15) is 0 Å². The largest absolute Gasteiger partial charge is 0.294 e. The highest BCUT2D eigenvalue weighted by Crippen LogP contribution is 2.23. The fourth-order valence-electron chi connectivity index (χ4n) is 2.05. The van der Waals surface area contributed by atoms with Crippen LogP contribution in [0.2, 0.25) is 0 Å². The first-order valence-electron chi connectivity index (χ1n) is 5.59.